The molecular weight excluding hydrogens is 184 g/mol. The van der Waals surface area contributed by atoms with Crippen molar-refractivity contribution in [3.63, 3.8) is 0 Å². The summed E-state index contributed by atoms with van der Waals surface area (Å²) in [6.45, 7) is 3.78. The Morgan fingerprint density at radius 3 is 2.93 bits per heavy atom. The lowest BCUT2D eigenvalue weighted by molar-refractivity contribution is -0.215. The summed E-state index contributed by atoms with van der Waals surface area (Å²) >= 11 is 0. The van der Waals surface area contributed by atoms with Crippen LogP contribution in [0.4, 0.5) is 0 Å². The number of hydrogen-bond acceptors (Lipinski definition) is 4. The first-order valence-corrected chi connectivity index (χ1v) is 4.97. The highest BCUT2D eigenvalue weighted by Crippen LogP contribution is 2.40. The van der Waals surface area contributed by atoms with Gasteiger partial charge in [0.1, 0.15) is 6.10 Å². The molecule has 4 atom stereocenters. The van der Waals surface area contributed by atoms with Gasteiger partial charge in [-0.15, -0.1) is 0 Å². The van der Waals surface area contributed by atoms with E-state index in [4.69, 9.17) is 18.9 Å². The normalized spacial score (nSPS) is 48.4. The summed E-state index contributed by atoms with van der Waals surface area (Å²) in [5, 5.41) is 0. The molecule has 0 aromatic heterocycles. The lowest BCUT2D eigenvalue weighted by atomic mass is 10.1. The van der Waals surface area contributed by atoms with E-state index in [9.17, 15) is 0 Å². The number of rotatable bonds is 0. The second kappa shape index (κ2) is 2.72. The van der Waals surface area contributed by atoms with Crippen molar-refractivity contribution in [2.45, 2.75) is 50.7 Å². The van der Waals surface area contributed by atoms with Crippen molar-refractivity contribution >= 4 is 0 Å². The second-order valence-electron chi connectivity index (χ2n) is 4.35. The van der Waals surface area contributed by atoms with Gasteiger partial charge in [-0.25, -0.2) is 0 Å². The Balaban J connectivity index is 1.81. The molecule has 0 saturated carbocycles. The zero-order chi connectivity index (χ0) is 9.76. The van der Waals surface area contributed by atoms with Gasteiger partial charge in [0.25, 0.3) is 0 Å². The fourth-order valence-corrected chi connectivity index (χ4v) is 2.24. The molecule has 0 aromatic carbocycles. The fourth-order valence-electron chi connectivity index (χ4n) is 2.24. The van der Waals surface area contributed by atoms with Gasteiger partial charge in [-0.3, -0.25) is 0 Å². The molecule has 3 aliphatic rings. The molecule has 2 saturated heterocycles. The number of ether oxygens (including phenoxy) is 4. The van der Waals surface area contributed by atoms with E-state index in [0.29, 0.717) is 0 Å². The molecule has 0 spiro atoms. The minimum absolute atomic E-state index is 0.00762. The maximum atomic E-state index is 5.74. The maximum absolute atomic E-state index is 5.74. The first-order chi connectivity index (χ1) is 6.66. The van der Waals surface area contributed by atoms with Gasteiger partial charge in [0.15, 0.2) is 24.3 Å². The Morgan fingerprint density at radius 1 is 1.21 bits per heavy atom. The molecule has 0 amide bonds. The van der Waals surface area contributed by atoms with Crippen LogP contribution in [0.25, 0.3) is 0 Å². The summed E-state index contributed by atoms with van der Waals surface area (Å²) in [4.78, 5) is 0. The van der Waals surface area contributed by atoms with Crippen molar-refractivity contribution in [2.75, 3.05) is 0 Å². The molecule has 0 N–H and O–H groups in total. The van der Waals surface area contributed by atoms with Crippen LogP contribution in [0, 0.1) is 0 Å². The largest absolute Gasteiger partial charge is 0.493 e. The average molecular weight is 198 g/mol. The molecular formula is C10H14O4. The van der Waals surface area contributed by atoms with Crippen LogP contribution in [0.15, 0.2) is 12.3 Å². The van der Waals surface area contributed by atoms with E-state index in [2.05, 4.69) is 0 Å². The zero-order valence-corrected chi connectivity index (χ0v) is 8.30. The Morgan fingerprint density at radius 2 is 2.07 bits per heavy atom. The Labute approximate surface area is 82.8 Å². The van der Waals surface area contributed by atoms with Crippen LogP contribution in [0.2, 0.25) is 0 Å². The average Bonchev–Trinajstić information content (AvgIpc) is 2.56. The Kier molecular flexibility index (Phi) is 1.69. The van der Waals surface area contributed by atoms with Crippen LogP contribution in [0.1, 0.15) is 20.3 Å². The van der Waals surface area contributed by atoms with Crippen molar-refractivity contribution in [3.8, 4) is 0 Å². The van der Waals surface area contributed by atoms with Gasteiger partial charge in [-0.05, 0) is 26.3 Å². The molecule has 0 radical (unpaired) electrons. The smallest absolute Gasteiger partial charge is 0.191 e. The molecule has 2 fully saturated rings. The quantitative estimate of drug-likeness (QED) is 0.585. The van der Waals surface area contributed by atoms with E-state index >= 15 is 0 Å². The van der Waals surface area contributed by atoms with Gasteiger partial charge >= 0.3 is 0 Å². The molecule has 0 aromatic rings. The highest BCUT2D eigenvalue weighted by atomic mass is 16.8. The molecule has 0 unspecified atom stereocenters. The van der Waals surface area contributed by atoms with E-state index in [0.717, 1.165) is 6.42 Å². The van der Waals surface area contributed by atoms with Crippen molar-refractivity contribution in [3.05, 3.63) is 12.3 Å². The van der Waals surface area contributed by atoms with Crippen LogP contribution in [-0.2, 0) is 18.9 Å². The zero-order valence-electron chi connectivity index (χ0n) is 8.30. The molecule has 14 heavy (non-hydrogen) atoms. The van der Waals surface area contributed by atoms with Gasteiger partial charge in [0.2, 0.25) is 0 Å². The number of hydrogen-bond donors (Lipinski definition) is 0. The lowest BCUT2D eigenvalue weighted by Crippen LogP contribution is -2.36. The van der Waals surface area contributed by atoms with Crippen LogP contribution in [0.3, 0.4) is 0 Å². The summed E-state index contributed by atoms with van der Waals surface area (Å²) < 4.78 is 22.5. The molecule has 3 heterocycles. The molecule has 3 rings (SSSR count). The van der Waals surface area contributed by atoms with Crippen LogP contribution >= 0.6 is 0 Å². The molecule has 0 bridgehead atoms. The maximum Gasteiger partial charge on any atom is 0.191 e. The van der Waals surface area contributed by atoms with Gasteiger partial charge < -0.3 is 18.9 Å². The topological polar surface area (TPSA) is 36.9 Å². The van der Waals surface area contributed by atoms with E-state index in [-0.39, 0.29) is 24.6 Å². The monoisotopic (exact) mass is 198 g/mol. The standard InChI is InChI=1S/C10H14O4/c1-10(2)13-8-7-6(4-3-5-11-7)12-9(8)14-10/h3,5-9H,4H2,1-2H3/t6-,7+,8-,9-/m1/s1. The van der Waals surface area contributed by atoms with Gasteiger partial charge in [-0.2, -0.15) is 0 Å². The summed E-state index contributed by atoms with van der Waals surface area (Å²) in [5.41, 5.74) is 0. The summed E-state index contributed by atoms with van der Waals surface area (Å²) in [6.07, 6.45) is 4.30. The van der Waals surface area contributed by atoms with Crippen LogP contribution < -0.4 is 0 Å². The summed E-state index contributed by atoms with van der Waals surface area (Å²) in [5.74, 6) is -0.551. The van der Waals surface area contributed by atoms with Crippen molar-refractivity contribution < 1.29 is 18.9 Å². The lowest BCUT2D eigenvalue weighted by Gasteiger charge is -2.26. The van der Waals surface area contributed by atoms with Gasteiger partial charge in [0.05, 0.1) is 6.26 Å². The Bertz CT molecular complexity index is 273. The fraction of sp³-hybridized carbons (Fsp3) is 0.800. The van der Waals surface area contributed by atoms with Crippen LogP contribution in [0.5, 0.6) is 0 Å². The minimum atomic E-state index is -0.551. The van der Waals surface area contributed by atoms with Gasteiger partial charge in [-0.1, -0.05) is 0 Å². The third-order valence-corrected chi connectivity index (χ3v) is 2.79. The minimum Gasteiger partial charge on any atom is -0.493 e. The predicted octanol–water partition coefficient (Wildman–Crippen LogP) is 1.17. The van der Waals surface area contributed by atoms with E-state index < -0.39 is 5.79 Å². The number of fused-ring (bicyclic) bond motifs is 3. The highest BCUT2D eigenvalue weighted by molar-refractivity contribution is 5.00. The summed E-state index contributed by atoms with van der Waals surface area (Å²) in [6, 6.07) is 0. The summed E-state index contributed by atoms with van der Waals surface area (Å²) in [7, 11) is 0. The molecule has 4 nitrogen and oxygen atoms in total. The highest BCUT2D eigenvalue weighted by Gasteiger charge is 2.55. The van der Waals surface area contributed by atoms with Crippen LogP contribution in [-0.4, -0.2) is 30.4 Å². The third kappa shape index (κ3) is 1.18. The van der Waals surface area contributed by atoms with Crippen molar-refractivity contribution in [2.24, 2.45) is 0 Å². The Hall–Kier alpha value is -0.580. The van der Waals surface area contributed by atoms with Crippen molar-refractivity contribution in [1.82, 2.24) is 0 Å². The second-order valence-corrected chi connectivity index (χ2v) is 4.35. The molecule has 78 valence electrons. The molecule has 4 heteroatoms. The van der Waals surface area contributed by atoms with Crippen molar-refractivity contribution in [1.29, 1.82) is 0 Å². The first-order valence-electron chi connectivity index (χ1n) is 4.97. The molecule has 3 aliphatic heterocycles. The van der Waals surface area contributed by atoms with E-state index in [1.54, 1.807) is 6.26 Å². The van der Waals surface area contributed by atoms with Gasteiger partial charge in [0, 0.05) is 0 Å². The third-order valence-electron chi connectivity index (χ3n) is 2.79. The van der Waals surface area contributed by atoms with E-state index in [1.807, 2.05) is 19.9 Å². The molecule has 0 aliphatic carbocycles. The first kappa shape index (κ1) is 8.71. The SMILES string of the molecule is CC1(C)O[C@H]2O[C@@H]3CC=CO[C@@H]3[C@H]2O1. The predicted molar refractivity (Wildman–Crippen MR) is 47.3 cm³/mol. The van der Waals surface area contributed by atoms with E-state index in [1.165, 1.54) is 0 Å².